The molecule has 1 aliphatic heterocycles. The molecular weight excluding hydrogens is 340 g/mol. The Morgan fingerprint density at radius 3 is 2.44 bits per heavy atom. The normalized spacial score (nSPS) is 16.9. The number of hydrogen-bond donors (Lipinski definition) is 1. The smallest absolute Gasteiger partial charge is 0.220 e. The van der Waals surface area contributed by atoms with Crippen LogP contribution in [-0.4, -0.2) is 31.9 Å². The van der Waals surface area contributed by atoms with Crippen molar-refractivity contribution in [3.8, 4) is 5.88 Å². The molecule has 0 saturated heterocycles. The molecule has 0 bridgehead atoms. The van der Waals surface area contributed by atoms with E-state index in [1.165, 1.54) is 6.26 Å². The van der Waals surface area contributed by atoms with E-state index in [0.717, 1.165) is 11.1 Å². The van der Waals surface area contributed by atoms with Gasteiger partial charge in [-0.05, 0) is 37.6 Å². The first-order valence-electron chi connectivity index (χ1n) is 7.75. The Labute approximate surface area is 147 Å². The van der Waals surface area contributed by atoms with Gasteiger partial charge in [-0.1, -0.05) is 18.2 Å². The van der Waals surface area contributed by atoms with Crippen LogP contribution in [0, 0.1) is 0 Å². The minimum absolute atomic E-state index is 0.272. The van der Waals surface area contributed by atoms with E-state index < -0.39 is 15.4 Å². The summed E-state index contributed by atoms with van der Waals surface area (Å²) in [5.41, 5.74) is 6.83. The fourth-order valence-electron chi connectivity index (χ4n) is 2.80. The summed E-state index contributed by atoms with van der Waals surface area (Å²) in [5, 5.41) is 0. The molecule has 0 unspecified atom stereocenters. The van der Waals surface area contributed by atoms with Gasteiger partial charge in [-0.15, -0.1) is 0 Å². The molecule has 1 aliphatic rings. The molecule has 3 rings (SSSR count). The largest absolute Gasteiger partial charge is 0.440 e. The molecule has 0 amide bonds. The summed E-state index contributed by atoms with van der Waals surface area (Å²) in [6.07, 6.45) is 1.18. The number of hydrogen-bond acceptors (Lipinski definition) is 6. The molecule has 2 heterocycles. The van der Waals surface area contributed by atoms with Gasteiger partial charge < -0.3 is 15.2 Å². The summed E-state index contributed by atoms with van der Waals surface area (Å²) in [6, 6.07) is 11.9. The average molecular weight is 360 g/mol. The quantitative estimate of drug-likeness (QED) is 0.901. The maximum Gasteiger partial charge on any atom is 0.220 e. The van der Waals surface area contributed by atoms with Gasteiger partial charge in [-0.3, -0.25) is 0 Å². The van der Waals surface area contributed by atoms with Crippen LogP contribution in [0.5, 0.6) is 5.88 Å². The summed E-state index contributed by atoms with van der Waals surface area (Å²) in [7, 11) is -3.24. The van der Waals surface area contributed by atoms with E-state index in [4.69, 9.17) is 15.2 Å². The van der Waals surface area contributed by atoms with E-state index in [1.807, 2.05) is 13.8 Å². The number of anilines is 1. The molecule has 132 valence electrons. The summed E-state index contributed by atoms with van der Waals surface area (Å²) >= 11 is 0. The SMILES string of the molecule is CC1(C)OCC(Oc2cccc(N)n2)=C1c1ccc(S(C)(=O)=O)cc1. The highest BCUT2D eigenvalue weighted by Gasteiger charge is 2.36. The van der Waals surface area contributed by atoms with Gasteiger partial charge >= 0.3 is 0 Å². The molecule has 25 heavy (non-hydrogen) atoms. The van der Waals surface area contributed by atoms with Gasteiger partial charge in [0.1, 0.15) is 18.2 Å². The number of sulfone groups is 1. The second-order valence-electron chi connectivity index (χ2n) is 6.40. The number of ether oxygens (including phenoxy) is 2. The molecule has 0 aliphatic carbocycles. The third kappa shape index (κ3) is 3.67. The number of aromatic nitrogens is 1. The van der Waals surface area contributed by atoms with Gasteiger partial charge in [-0.25, -0.2) is 8.42 Å². The molecule has 0 fully saturated rings. The second-order valence-corrected chi connectivity index (χ2v) is 8.41. The van der Waals surface area contributed by atoms with Crippen molar-refractivity contribution >= 4 is 21.2 Å². The molecule has 0 saturated carbocycles. The zero-order valence-electron chi connectivity index (χ0n) is 14.3. The summed E-state index contributed by atoms with van der Waals surface area (Å²) in [5.74, 6) is 1.40. The molecule has 0 atom stereocenters. The lowest BCUT2D eigenvalue weighted by molar-refractivity contribution is 0.0542. The van der Waals surface area contributed by atoms with Crippen LogP contribution in [0.25, 0.3) is 5.57 Å². The van der Waals surface area contributed by atoms with Crippen LogP contribution in [-0.2, 0) is 14.6 Å². The van der Waals surface area contributed by atoms with E-state index in [2.05, 4.69) is 4.98 Å². The molecule has 2 aromatic rings. The minimum Gasteiger partial charge on any atom is -0.440 e. The molecule has 7 heteroatoms. The fourth-order valence-corrected chi connectivity index (χ4v) is 3.43. The topological polar surface area (TPSA) is 91.5 Å². The van der Waals surface area contributed by atoms with Crippen molar-refractivity contribution in [2.75, 3.05) is 18.6 Å². The summed E-state index contributed by atoms with van der Waals surface area (Å²) < 4.78 is 35.0. The molecule has 0 spiro atoms. The Balaban J connectivity index is 2.02. The zero-order valence-corrected chi connectivity index (χ0v) is 15.1. The number of nitrogen functional groups attached to an aromatic ring is 1. The van der Waals surface area contributed by atoms with E-state index in [1.54, 1.807) is 42.5 Å². The highest BCUT2D eigenvalue weighted by molar-refractivity contribution is 7.90. The standard InChI is InChI=1S/C18H20N2O4S/c1-18(2)17(12-7-9-13(10-8-12)25(3,21)22)14(11-23-18)24-16-6-4-5-15(19)20-16/h4-10H,11H2,1-3H3,(H2,19,20). The van der Waals surface area contributed by atoms with Crippen LogP contribution >= 0.6 is 0 Å². The van der Waals surface area contributed by atoms with Crippen molar-refractivity contribution in [1.29, 1.82) is 0 Å². The molecule has 6 nitrogen and oxygen atoms in total. The third-order valence-corrected chi connectivity index (χ3v) is 5.12. The predicted octanol–water partition coefficient (Wildman–Crippen LogP) is 2.67. The lowest BCUT2D eigenvalue weighted by Crippen LogP contribution is -2.21. The van der Waals surface area contributed by atoms with Gasteiger partial charge in [0.25, 0.3) is 0 Å². The number of nitrogens with two attached hydrogens (primary N) is 1. The first kappa shape index (κ1) is 17.4. The fraction of sp³-hybridized carbons (Fsp3) is 0.278. The van der Waals surface area contributed by atoms with Gasteiger partial charge in [0.2, 0.25) is 5.88 Å². The maximum atomic E-state index is 11.6. The van der Waals surface area contributed by atoms with Crippen molar-refractivity contribution in [3.05, 3.63) is 53.8 Å². The third-order valence-electron chi connectivity index (χ3n) is 3.99. The van der Waals surface area contributed by atoms with Crippen LogP contribution < -0.4 is 10.5 Å². The van der Waals surface area contributed by atoms with E-state index >= 15 is 0 Å². The van der Waals surface area contributed by atoms with Gasteiger partial charge in [0.05, 0.1) is 10.5 Å². The number of benzene rings is 1. The summed E-state index contributed by atoms with van der Waals surface area (Å²) in [6.45, 7) is 4.18. The highest BCUT2D eigenvalue weighted by atomic mass is 32.2. The first-order valence-corrected chi connectivity index (χ1v) is 9.64. The van der Waals surface area contributed by atoms with Crippen molar-refractivity contribution in [2.45, 2.75) is 24.3 Å². The Hall–Kier alpha value is -2.38. The average Bonchev–Trinajstić information content (AvgIpc) is 2.81. The van der Waals surface area contributed by atoms with Gasteiger partial charge in [0, 0.05) is 17.9 Å². The minimum atomic E-state index is -3.24. The number of rotatable bonds is 4. The Morgan fingerprint density at radius 2 is 1.84 bits per heavy atom. The highest BCUT2D eigenvalue weighted by Crippen LogP contribution is 2.39. The Kier molecular flexibility index (Phi) is 4.30. The molecule has 2 N–H and O–H groups in total. The van der Waals surface area contributed by atoms with Gasteiger partial charge in [-0.2, -0.15) is 4.98 Å². The van der Waals surface area contributed by atoms with E-state index in [9.17, 15) is 8.42 Å². The lowest BCUT2D eigenvalue weighted by Gasteiger charge is -2.22. The second kappa shape index (κ2) is 6.16. The molecular formula is C18H20N2O4S. The lowest BCUT2D eigenvalue weighted by atomic mass is 9.92. The van der Waals surface area contributed by atoms with Crippen LogP contribution in [0.3, 0.4) is 0 Å². The van der Waals surface area contributed by atoms with Crippen molar-refractivity contribution in [2.24, 2.45) is 0 Å². The molecule has 1 aromatic carbocycles. The van der Waals surface area contributed by atoms with Crippen molar-refractivity contribution in [1.82, 2.24) is 4.98 Å². The summed E-state index contributed by atoms with van der Waals surface area (Å²) in [4.78, 5) is 4.42. The van der Waals surface area contributed by atoms with Crippen LogP contribution in [0.15, 0.2) is 53.1 Å². The molecule has 1 aromatic heterocycles. The van der Waals surface area contributed by atoms with Crippen molar-refractivity contribution < 1.29 is 17.9 Å². The zero-order chi connectivity index (χ0) is 18.2. The van der Waals surface area contributed by atoms with Crippen LogP contribution in [0.1, 0.15) is 19.4 Å². The van der Waals surface area contributed by atoms with Gasteiger partial charge in [0.15, 0.2) is 9.84 Å². The van der Waals surface area contributed by atoms with E-state index in [0.29, 0.717) is 24.1 Å². The Bertz CT molecular complexity index is 932. The number of pyridine rings is 1. The van der Waals surface area contributed by atoms with Crippen LogP contribution in [0.2, 0.25) is 0 Å². The molecule has 0 radical (unpaired) electrons. The predicted molar refractivity (Wildman–Crippen MR) is 95.8 cm³/mol. The first-order chi connectivity index (χ1) is 11.7. The Morgan fingerprint density at radius 1 is 1.16 bits per heavy atom. The monoisotopic (exact) mass is 360 g/mol. The van der Waals surface area contributed by atoms with Crippen LogP contribution in [0.4, 0.5) is 5.82 Å². The van der Waals surface area contributed by atoms with Crippen molar-refractivity contribution in [3.63, 3.8) is 0 Å². The maximum absolute atomic E-state index is 11.6. The number of nitrogens with zero attached hydrogens (tertiary/aromatic N) is 1. The van der Waals surface area contributed by atoms with E-state index in [-0.39, 0.29) is 4.90 Å².